The highest BCUT2D eigenvalue weighted by Crippen LogP contribution is 2.25. The van der Waals surface area contributed by atoms with E-state index in [1.165, 1.54) is 17.3 Å². The minimum atomic E-state index is -0.601. The van der Waals surface area contributed by atoms with Crippen molar-refractivity contribution in [2.45, 2.75) is 57.4 Å². The highest BCUT2D eigenvalue weighted by molar-refractivity contribution is 8.00. The van der Waals surface area contributed by atoms with Crippen LogP contribution in [0.5, 0.6) is 0 Å². The third kappa shape index (κ3) is 6.26. The van der Waals surface area contributed by atoms with Crippen LogP contribution in [0, 0.1) is 5.92 Å². The molecule has 0 heterocycles. The van der Waals surface area contributed by atoms with Crippen LogP contribution in [-0.4, -0.2) is 23.6 Å². The second kappa shape index (κ2) is 8.39. The molecular formula is C18H28N2O2S. The van der Waals surface area contributed by atoms with E-state index in [-0.39, 0.29) is 23.0 Å². The summed E-state index contributed by atoms with van der Waals surface area (Å²) in [4.78, 5) is 24.5. The van der Waals surface area contributed by atoms with Gasteiger partial charge in [0, 0.05) is 4.90 Å². The number of hydrogen-bond acceptors (Lipinski definition) is 3. The van der Waals surface area contributed by atoms with Crippen LogP contribution in [0.1, 0.15) is 46.6 Å². The first-order valence-corrected chi connectivity index (χ1v) is 8.95. The molecule has 128 valence electrons. The van der Waals surface area contributed by atoms with Gasteiger partial charge in [0.25, 0.3) is 0 Å². The van der Waals surface area contributed by atoms with E-state index in [4.69, 9.17) is 5.73 Å². The van der Waals surface area contributed by atoms with Crippen LogP contribution in [0.15, 0.2) is 29.2 Å². The summed E-state index contributed by atoms with van der Waals surface area (Å²) in [7, 11) is 0. The number of amides is 2. The van der Waals surface area contributed by atoms with Gasteiger partial charge in [-0.3, -0.25) is 9.59 Å². The maximum Gasteiger partial charge on any atom is 0.240 e. The lowest BCUT2D eigenvalue weighted by Gasteiger charge is -2.21. The Morgan fingerprint density at radius 3 is 2.22 bits per heavy atom. The molecule has 3 N–H and O–H groups in total. The molecule has 0 fully saturated rings. The first-order chi connectivity index (χ1) is 10.6. The van der Waals surface area contributed by atoms with E-state index >= 15 is 0 Å². The number of primary amides is 1. The van der Waals surface area contributed by atoms with Gasteiger partial charge < -0.3 is 11.1 Å². The van der Waals surface area contributed by atoms with E-state index in [1.807, 2.05) is 26.0 Å². The molecule has 0 aliphatic heterocycles. The number of nitrogens with one attached hydrogen (secondary N) is 1. The Labute approximate surface area is 143 Å². The lowest BCUT2D eigenvalue weighted by Crippen LogP contribution is -2.48. The second-order valence-corrected chi connectivity index (χ2v) is 7.94. The third-order valence-corrected chi connectivity index (χ3v) is 4.94. The lowest BCUT2D eigenvalue weighted by atomic mass is 9.87. The van der Waals surface area contributed by atoms with Crippen LogP contribution in [0.2, 0.25) is 0 Å². The second-order valence-electron chi connectivity index (χ2n) is 6.90. The predicted octanol–water partition coefficient (Wildman–Crippen LogP) is 3.09. The quantitative estimate of drug-likeness (QED) is 0.752. The van der Waals surface area contributed by atoms with Gasteiger partial charge in [0.15, 0.2) is 0 Å². The zero-order valence-electron chi connectivity index (χ0n) is 14.7. The van der Waals surface area contributed by atoms with Crippen LogP contribution in [0.25, 0.3) is 0 Å². The highest BCUT2D eigenvalue weighted by Gasteiger charge is 2.23. The number of carbonyl (C=O) groups excluding carboxylic acids is 2. The van der Waals surface area contributed by atoms with E-state index in [0.29, 0.717) is 0 Å². The van der Waals surface area contributed by atoms with Gasteiger partial charge in [0.1, 0.15) is 6.04 Å². The van der Waals surface area contributed by atoms with Crippen molar-refractivity contribution in [1.82, 2.24) is 5.32 Å². The minimum Gasteiger partial charge on any atom is -0.368 e. The largest absolute Gasteiger partial charge is 0.368 e. The molecule has 0 saturated carbocycles. The van der Waals surface area contributed by atoms with Crippen LogP contribution in [-0.2, 0) is 15.0 Å². The molecule has 0 saturated heterocycles. The summed E-state index contributed by atoms with van der Waals surface area (Å²) in [6, 6.07) is 7.63. The smallest absolute Gasteiger partial charge is 0.240 e. The summed E-state index contributed by atoms with van der Waals surface area (Å²) < 4.78 is 0. The summed E-state index contributed by atoms with van der Waals surface area (Å²) in [6.45, 7) is 10.4. The molecule has 2 amide bonds. The zero-order chi connectivity index (χ0) is 17.6. The number of hydrogen-bond donors (Lipinski definition) is 2. The summed E-state index contributed by atoms with van der Waals surface area (Å²) in [5.41, 5.74) is 6.74. The Kier molecular flexibility index (Phi) is 7.13. The summed E-state index contributed by atoms with van der Waals surface area (Å²) >= 11 is 1.46. The Morgan fingerprint density at radius 2 is 1.78 bits per heavy atom. The molecule has 2 unspecified atom stereocenters. The van der Waals surface area contributed by atoms with E-state index in [2.05, 4.69) is 38.2 Å². The predicted molar refractivity (Wildman–Crippen MR) is 96.4 cm³/mol. The van der Waals surface area contributed by atoms with Crippen molar-refractivity contribution in [3.05, 3.63) is 29.8 Å². The van der Waals surface area contributed by atoms with Crippen molar-refractivity contribution in [2.24, 2.45) is 11.7 Å². The zero-order valence-corrected chi connectivity index (χ0v) is 15.5. The van der Waals surface area contributed by atoms with Crippen molar-refractivity contribution in [2.75, 3.05) is 5.75 Å². The first kappa shape index (κ1) is 19.6. The third-order valence-electron chi connectivity index (χ3n) is 3.93. The molecule has 0 aliphatic rings. The molecule has 0 spiro atoms. The van der Waals surface area contributed by atoms with E-state index in [0.717, 1.165) is 11.3 Å². The molecule has 0 aromatic heterocycles. The topological polar surface area (TPSA) is 72.2 Å². The van der Waals surface area contributed by atoms with Crippen LogP contribution < -0.4 is 11.1 Å². The number of thioether (sulfide) groups is 1. The van der Waals surface area contributed by atoms with E-state index < -0.39 is 11.9 Å². The molecule has 0 aliphatic carbocycles. The molecule has 0 bridgehead atoms. The van der Waals surface area contributed by atoms with Gasteiger partial charge >= 0.3 is 0 Å². The molecular weight excluding hydrogens is 308 g/mol. The average molecular weight is 337 g/mol. The van der Waals surface area contributed by atoms with Gasteiger partial charge in [0.2, 0.25) is 11.8 Å². The normalized spacial score (nSPS) is 14.1. The molecule has 0 radical (unpaired) electrons. The Bertz CT molecular complexity index is 535. The molecule has 2 atom stereocenters. The van der Waals surface area contributed by atoms with Crippen LogP contribution >= 0.6 is 11.8 Å². The molecule has 4 nitrogen and oxygen atoms in total. The van der Waals surface area contributed by atoms with Crippen molar-refractivity contribution < 1.29 is 9.59 Å². The van der Waals surface area contributed by atoms with Gasteiger partial charge in [-0.05, 0) is 29.0 Å². The minimum absolute atomic E-state index is 0.0347. The molecule has 23 heavy (non-hydrogen) atoms. The van der Waals surface area contributed by atoms with E-state index in [1.54, 1.807) is 0 Å². The molecule has 1 aromatic rings. The van der Waals surface area contributed by atoms with Crippen molar-refractivity contribution in [3.8, 4) is 0 Å². The lowest BCUT2D eigenvalue weighted by molar-refractivity contribution is -0.127. The number of benzene rings is 1. The standard InChI is InChI=1S/C18H28N2O2S/c1-6-12(2)16(17(19)22)20-15(21)11-23-14-9-7-13(8-10-14)18(3,4)5/h7-10,12,16H,6,11H2,1-5H3,(H2,19,22)(H,20,21). The van der Waals surface area contributed by atoms with Gasteiger partial charge in [-0.25, -0.2) is 0 Å². The number of rotatable bonds is 7. The Morgan fingerprint density at radius 1 is 1.22 bits per heavy atom. The van der Waals surface area contributed by atoms with Crippen molar-refractivity contribution in [1.29, 1.82) is 0 Å². The molecule has 5 heteroatoms. The monoisotopic (exact) mass is 336 g/mol. The average Bonchev–Trinajstić information content (AvgIpc) is 2.49. The van der Waals surface area contributed by atoms with Crippen molar-refractivity contribution in [3.63, 3.8) is 0 Å². The van der Waals surface area contributed by atoms with E-state index in [9.17, 15) is 9.59 Å². The fraction of sp³-hybridized carbons (Fsp3) is 0.556. The summed E-state index contributed by atoms with van der Waals surface area (Å²) in [5.74, 6) is -0.339. The fourth-order valence-electron chi connectivity index (χ4n) is 2.14. The SMILES string of the molecule is CCC(C)C(NC(=O)CSc1ccc(C(C)(C)C)cc1)C(N)=O. The maximum absolute atomic E-state index is 12.0. The molecule has 1 aromatic carbocycles. The van der Waals surface area contributed by atoms with Crippen molar-refractivity contribution >= 4 is 23.6 Å². The number of nitrogens with two attached hydrogens (primary N) is 1. The highest BCUT2D eigenvalue weighted by atomic mass is 32.2. The van der Waals surface area contributed by atoms with Gasteiger partial charge in [0.05, 0.1) is 5.75 Å². The molecule has 1 rings (SSSR count). The van der Waals surface area contributed by atoms with Gasteiger partial charge in [-0.15, -0.1) is 11.8 Å². The fourth-order valence-corrected chi connectivity index (χ4v) is 2.85. The maximum atomic E-state index is 12.0. The summed E-state index contributed by atoms with van der Waals surface area (Å²) in [5, 5.41) is 2.74. The first-order valence-electron chi connectivity index (χ1n) is 7.97. The Balaban J connectivity index is 2.57. The van der Waals surface area contributed by atoms with Crippen LogP contribution in [0.4, 0.5) is 0 Å². The van der Waals surface area contributed by atoms with Crippen LogP contribution in [0.3, 0.4) is 0 Å². The Hall–Kier alpha value is -1.49. The summed E-state index contributed by atoms with van der Waals surface area (Å²) in [6.07, 6.45) is 0.787. The van der Waals surface area contributed by atoms with Gasteiger partial charge in [-0.1, -0.05) is 53.2 Å². The number of carbonyl (C=O) groups is 2. The van der Waals surface area contributed by atoms with Gasteiger partial charge in [-0.2, -0.15) is 0 Å².